The first-order valence-corrected chi connectivity index (χ1v) is 6.27. The molecule has 6 nitrogen and oxygen atoms in total. The fourth-order valence-corrected chi connectivity index (χ4v) is 1.79. The van der Waals surface area contributed by atoms with E-state index in [4.69, 9.17) is 16.2 Å². The van der Waals surface area contributed by atoms with Crippen LogP contribution in [0.15, 0.2) is 46.6 Å². The maximum Gasteiger partial charge on any atom is 0.248 e. The summed E-state index contributed by atoms with van der Waals surface area (Å²) in [5.41, 5.74) is 14.2. The van der Waals surface area contributed by atoms with Crippen molar-refractivity contribution in [2.24, 2.45) is 16.0 Å². The summed E-state index contributed by atoms with van der Waals surface area (Å²) < 4.78 is 5.16. The van der Waals surface area contributed by atoms with Gasteiger partial charge < -0.3 is 16.2 Å². The van der Waals surface area contributed by atoms with E-state index in [9.17, 15) is 4.79 Å². The Balaban J connectivity index is 2.26. The molecule has 0 saturated heterocycles. The second kappa shape index (κ2) is 6.04. The van der Waals surface area contributed by atoms with Crippen LogP contribution in [0.4, 0.5) is 17.1 Å². The van der Waals surface area contributed by atoms with Gasteiger partial charge in [0.15, 0.2) is 0 Å². The topological polar surface area (TPSA) is 103 Å². The van der Waals surface area contributed by atoms with E-state index in [1.807, 2.05) is 6.92 Å². The molecule has 4 N–H and O–H groups in total. The molecule has 1 amide bonds. The van der Waals surface area contributed by atoms with Crippen LogP contribution in [0.2, 0.25) is 0 Å². The van der Waals surface area contributed by atoms with Crippen LogP contribution in [-0.4, -0.2) is 13.0 Å². The van der Waals surface area contributed by atoms with E-state index in [1.165, 1.54) is 0 Å². The molecule has 0 saturated carbocycles. The molecule has 2 aromatic carbocycles. The van der Waals surface area contributed by atoms with Gasteiger partial charge >= 0.3 is 0 Å². The minimum atomic E-state index is -0.474. The first-order chi connectivity index (χ1) is 10.0. The van der Waals surface area contributed by atoms with Gasteiger partial charge in [-0.25, -0.2) is 0 Å². The maximum atomic E-state index is 11.0. The molecule has 0 aliphatic rings. The van der Waals surface area contributed by atoms with Crippen LogP contribution in [0.3, 0.4) is 0 Å². The zero-order chi connectivity index (χ0) is 15.4. The third-order valence-corrected chi connectivity index (χ3v) is 2.97. The van der Waals surface area contributed by atoms with Crippen molar-refractivity contribution in [1.29, 1.82) is 0 Å². The number of methoxy groups -OCH3 is 1. The van der Waals surface area contributed by atoms with Crippen molar-refractivity contribution in [2.75, 3.05) is 12.8 Å². The lowest BCUT2D eigenvalue weighted by atomic mass is 10.1. The van der Waals surface area contributed by atoms with Crippen molar-refractivity contribution < 1.29 is 9.53 Å². The first-order valence-electron chi connectivity index (χ1n) is 6.27. The van der Waals surface area contributed by atoms with Crippen LogP contribution < -0.4 is 16.2 Å². The van der Waals surface area contributed by atoms with Gasteiger partial charge in [-0.2, -0.15) is 10.2 Å². The third-order valence-electron chi connectivity index (χ3n) is 2.97. The van der Waals surface area contributed by atoms with E-state index in [1.54, 1.807) is 43.5 Å². The standard InChI is InChI=1S/C15H16N4O2/c1-9-7-12(16)14(21-2)8-13(9)19-18-11-5-3-10(4-6-11)15(17)20/h3-8H,16H2,1-2H3,(H2,17,20)/b19-18-. The number of azo groups is 1. The highest BCUT2D eigenvalue weighted by molar-refractivity contribution is 5.92. The van der Waals surface area contributed by atoms with Gasteiger partial charge in [-0.05, 0) is 42.8 Å². The van der Waals surface area contributed by atoms with Crippen molar-refractivity contribution >= 4 is 23.0 Å². The quantitative estimate of drug-likeness (QED) is 0.665. The second-order valence-electron chi connectivity index (χ2n) is 4.49. The minimum absolute atomic E-state index is 0.430. The molecule has 0 aromatic heterocycles. The number of benzene rings is 2. The van der Waals surface area contributed by atoms with E-state index < -0.39 is 5.91 Å². The summed E-state index contributed by atoms with van der Waals surface area (Å²) in [4.78, 5) is 11.0. The Kier molecular flexibility index (Phi) is 4.18. The summed E-state index contributed by atoms with van der Waals surface area (Å²) in [6.07, 6.45) is 0. The van der Waals surface area contributed by atoms with Crippen molar-refractivity contribution in [3.63, 3.8) is 0 Å². The highest BCUT2D eigenvalue weighted by atomic mass is 16.5. The van der Waals surface area contributed by atoms with E-state index in [0.717, 1.165) is 5.56 Å². The summed E-state index contributed by atoms with van der Waals surface area (Å²) in [6, 6.07) is 10.1. The molecule has 0 atom stereocenters. The Morgan fingerprint density at radius 3 is 2.38 bits per heavy atom. The molecule has 2 aromatic rings. The number of ether oxygens (including phenoxy) is 1. The Morgan fingerprint density at radius 1 is 1.14 bits per heavy atom. The molecule has 0 fully saturated rings. The monoisotopic (exact) mass is 284 g/mol. The maximum absolute atomic E-state index is 11.0. The highest BCUT2D eigenvalue weighted by Gasteiger charge is 2.05. The molecule has 0 radical (unpaired) electrons. The number of aryl methyl sites for hydroxylation is 1. The van der Waals surface area contributed by atoms with Crippen LogP contribution in [0.1, 0.15) is 15.9 Å². The lowest BCUT2D eigenvalue weighted by molar-refractivity contribution is 0.100. The number of hydrogen-bond acceptors (Lipinski definition) is 5. The molecular weight excluding hydrogens is 268 g/mol. The smallest absolute Gasteiger partial charge is 0.248 e. The van der Waals surface area contributed by atoms with Gasteiger partial charge in [0.05, 0.1) is 24.2 Å². The normalized spacial score (nSPS) is 10.8. The van der Waals surface area contributed by atoms with Crippen LogP contribution in [0.5, 0.6) is 5.75 Å². The molecule has 108 valence electrons. The molecule has 0 aliphatic heterocycles. The Morgan fingerprint density at radius 2 is 1.81 bits per heavy atom. The number of nitrogens with two attached hydrogens (primary N) is 2. The molecule has 0 spiro atoms. The van der Waals surface area contributed by atoms with E-state index in [2.05, 4.69) is 10.2 Å². The van der Waals surface area contributed by atoms with Gasteiger partial charge in [0.25, 0.3) is 0 Å². The van der Waals surface area contributed by atoms with E-state index in [0.29, 0.717) is 28.4 Å². The van der Waals surface area contributed by atoms with E-state index in [-0.39, 0.29) is 0 Å². The van der Waals surface area contributed by atoms with Crippen LogP contribution in [-0.2, 0) is 0 Å². The summed E-state index contributed by atoms with van der Waals surface area (Å²) in [7, 11) is 1.55. The fourth-order valence-electron chi connectivity index (χ4n) is 1.79. The number of nitrogen functional groups attached to an aromatic ring is 1. The zero-order valence-corrected chi connectivity index (χ0v) is 11.8. The van der Waals surface area contributed by atoms with E-state index >= 15 is 0 Å². The van der Waals surface area contributed by atoms with Crippen molar-refractivity contribution in [3.05, 3.63) is 47.5 Å². The number of primary amides is 1. The predicted octanol–water partition coefficient (Wildman–Crippen LogP) is 3.10. The average Bonchev–Trinajstić information content (AvgIpc) is 2.47. The van der Waals surface area contributed by atoms with Gasteiger partial charge in [-0.3, -0.25) is 4.79 Å². The largest absolute Gasteiger partial charge is 0.495 e. The number of nitrogens with zero attached hydrogens (tertiary/aromatic N) is 2. The Labute approximate surface area is 122 Å². The molecule has 0 heterocycles. The lowest BCUT2D eigenvalue weighted by Crippen LogP contribution is -2.10. The van der Waals surface area contributed by atoms with Gasteiger partial charge in [0.1, 0.15) is 5.75 Å². The number of hydrogen-bond donors (Lipinski definition) is 2. The lowest BCUT2D eigenvalue weighted by Gasteiger charge is -2.07. The SMILES string of the molecule is COc1cc(/N=N\c2ccc(C(N)=O)cc2)c(C)cc1N. The Bertz CT molecular complexity index is 694. The van der Waals surface area contributed by atoms with Crippen LogP contribution in [0, 0.1) is 6.92 Å². The second-order valence-corrected chi connectivity index (χ2v) is 4.49. The number of anilines is 1. The van der Waals surface area contributed by atoms with Gasteiger partial charge in [-0.15, -0.1) is 0 Å². The summed E-state index contributed by atoms with van der Waals surface area (Å²) >= 11 is 0. The molecule has 0 bridgehead atoms. The molecular formula is C15H16N4O2. The van der Waals surface area contributed by atoms with Crippen LogP contribution >= 0.6 is 0 Å². The number of carbonyl (C=O) groups excluding carboxylic acids is 1. The predicted molar refractivity (Wildman–Crippen MR) is 81.3 cm³/mol. The van der Waals surface area contributed by atoms with Crippen molar-refractivity contribution in [2.45, 2.75) is 6.92 Å². The summed E-state index contributed by atoms with van der Waals surface area (Å²) in [5.74, 6) is 0.0798. The number of rotatable bonds is 4. The van der Waals surface area contributed by atoms with Gasteiger partial charge in [0, 0.05) is 11.6 Å². The highest BCUT2D eigenvalue weighted by Crippen LogP contribution is 2.31. The average molecular weight is 284 g/mol. The molecule has 0 aliphatic carbocycles. The molecule has 6 heteroatoms. The third kappa shape index (κ3) is 3.36. The van der Waals surface area contributed by atoms with Crippen molar-refractivity contribution in [3.8, 4) is 5.75 Å². The fraction of sp³-hybridized carbons (Fsp3) is 0.133. The van der Waals surface area contributed by atoms with Gasteiger partial charge in [0.2, 0.25) is 5.91 Å². The molecule has 0 unspecified atom stereocenters. The Hall–Kier alpha value is -2.89. The zero-order valence-electron chi connectivity index (χ0n) is 11.8. The van der Waals surface area contributed by atoms with Crippen molar-refractivity contribution in [1.82, 2.24) is 0 Å². The minimum Gasteiger partial charge on any atom is -0.495 e. The number of amides is 1. The summed E-state index contributed by atoms with van der Waals surface area (Å²) in [6.45, 7) is 1.89. The summed E-state index contributed by atoms with van der Waals surface area (Å²) in [5, 5.41) is 8.29. The molecule has 21 heavy (non-hydrogen) atoms. The van der Waals surface area contributed by atoms with Gasteiger partial charge in [-0.1, -0.05) is 0 Å². The first kappa shape index (κ1) is 14.5. The molecule has 2 rings (SSSR count). The number of carbonyl (C=O) groups is 1. The van der Waals surface area contributed by atoms with Crippen LogP contribution in [0.25, 0.3) is 0 Å².